The summed E-state index contributed by atoms with van der Waals surface area (Å²) in [6.07, 6.45) is 0. The van der Waals surface area contributed by atoms with Gasteiger partial charge >= 0.3 is 5.97 Å². The minimum Gasteiger partial charge on any atom is -0.467 e. The van der Waals surface area contributed by atoms with Crippen molar-refractivity contribution in [1.82, 2.24) is 0 Å². The highest BCUT2D eigenvalue weighted by atomic mass is 79.9. The second kappa shape index (κ2) is 6.74. The first-order chi connectivity index (χ1) is 13.0. The van der Waals surface area contributed by atoms with E-state index in [-0.39, 0.29) is 5.91 Å². The number of hydrogen-bond acceptors (Lipinski definition) is 5. The molecule has 0 N–H and O–H groups in total. The number of rotatable bonds is 3. The number of anilines is 1. The summed E-state index contributed by atoms with van der Waals surface area (Å²) in [5.41, 5.74) is 1.64. The van der Waals surface area contributed by atoms with Crippen LogP contribution in [0.4, 0.5) is 5.69 Å². The second-order valence-electron chi connectivity index (χ2n) is 6.34. The fourth-order valence-electron chi connectivity index (χ4n) is 3.64. The van der Waals surface area contributed by atoms with E-state index in [4.69, 9.17) is 4.74 Å². The number of carbonyl (C=O) groups is 3. The van der Waals surface area contributed by atoms with Gasteiger partial charge in [-0.2, -0.15) is 0 Å². The third-order valence-corrected chi connectivity index (χ3v) is 5.39. The van der Waals surface area contributed by atoms with Crippen LogP contribution < -0.4 is 4.90 Å². The molecule has 0 aromatic heterocycles. The molecule has 4 rings (SSSR count). The highest BCUT2D eigenvalue weighted by molar-refractivity contribution is 9.10. The van der Waals surface area contributed by atoms with Crippen molar-refractivity contribution in [3.8, 4) is 0 Å². The van der Waals surface area contributed by atoms with E-state index in [1.807, 2.05) is 30.3 Å². The first-order valence-corrected chi connectivity index (χ1v) is 9.16. The molecule has 7 heteroatoms. The lowest BCUT2D eigenvalue weighted by Crippen LogP contribution is -2.36. The van der Waals surface area contributed by atoms with Crippen LogP contribution in [0.25, 0.3) is 0 Å². The van der Waals surface area contributed by atoms with Crippen molar-refractivity contribution < 1.29 is 19.1 Å². The number of imide groups is 1. The van der Waals surface area contributed by atoms with E-state index in [2.05, 4.69) is 20.9 Å². The number of methoxy groups -OCH3 is 1. The van der Waals surface area contributed by atoms with Gasteiger partial charge in [0.1, 0.15) is 0 Å². The van der Waals surface area contributed by atoms with Gasteiger partial charge in [-0.1, -0.05) is 46.3 Å². The number of carbonyl (C=O) groups excluding carboxylic acids is 3. The van der Waals surface area contributed by atoms with Gasteiger partial charge in [0.25, 0.3) is 0 Å². The van der Waals surface area contributed by atoms with E-state index < -0.39 is 29.8 Å². The second-order valence-corrected chi connectivity index (χ2v) is 7.26. The van der Waals surface area contributed by atoms with E-state index in [9.17, 15) is 14.4 Å². The first-order valence-electron chi connectivity index (χ1n) is 8.37. The zero-order chi connectivity index (χ0) is 19.1. The number of aliphatic imine (C=N–C) groups is 1. The fourth-order valence-corrected chi connectivity index (χ4v) is 3.90. The van der Waals surface area contributed by atoms with Gasteiger partial charge in [-0.25, -0.2) is 9.69 Å². The molecule has 2 amide bonds. The van der Waals surface area contributed by atoms with Crippen molar-refractivity contribution >= 4 is 45.1 Å². The minimum absolute atomic E-state index is 0.374. The molecule has 1 saturated heterocycles. The first kappa shape index (κ1) is 17.6. The monoisotopic (exact) mass is 426 g/mol. The lowest BCUT2D eigenvalue weighted by atomic mass is 9.86. The quantitative estimate of drug-likeness (QED) is 0.558. The van der Waals surface area contributed by atoms with Gasteiger partial charge < -0.3 is 4.74 Å². The molecular weight excluding hydrogens is 412 g/mol. The maximum atomic E-state index is 13.2. The van der Waals surface area contributed by atoms with Crippen molar-refractivity contribution in [2.75, 3.05) is 12.0 Å². The zero-order valence-corrected chi connectivity index (χ0v) is 15.9. The van der Waals surface area contributed by atoms with E-state index in [0.717, 1.165) is 14.9 Å². The van der Waals surface area contributed by atoms with Crippen LogP contribution in [0.1, 0.15) is 5.56 Å². The Labute approximate surface area is 164 Å². The van der Waals surface area contributed by atoms with E-state index in [0.29, 0.717) is 11.4 Å². The van der Waals surface area contributed by atoms with Gasteiger partial charge in [0.05, 0.1) is 30.3 Å². The summed E-state index contributed by atoms with van der Waals surface area (Å²) in [6.45, 7) is 0. The Kier molecular flexibility index (Phi) is 4.39. The molecule has 0 radical (unpaired) electrons. The number of hydrogen-bond donors (Lipinski definition) is 0. The minimum atomic E-state index is -1.02. The number of fused-ring (bicyclic) bond motifs is 1. The highest BCUT2D eigenvalue weighted by Crippen LogP contribution is 2.41. The summed E-state index contributed by atoms with van der Waals surface area (Å²) in [5, 5.41) is 0. The van der Waals surface area contributed by atoms with Crippen molar-refractivity contribution in [3.05, 3.63) is 64.6 Å². The fraction of sp³-hybridized carbons (Fsp3) is 0.200. The maximum absolute atomic E-state index is 13.2. The molecule has 0 saturated carbocycles. The van der Waals surface area contributed by atoms with E-state index in [1.54, 1.807) is 24.3 Å². The Hall–Kier alpha value is -2.80. The van der Waals surface area contributed by atoms with Crippen LogP contribution in [-0.2, 0) is 19.1 Å². The molecule has 0 spiro atoms. The molecule has 1 fully saturated rings. The predicted octanol–water partition coefficient (Wildman–Crippen LogP) is 2.60. The SMILES string of the molecule is COC(=O)[C@@H]1N=C(c2ccccc2)[C@H]2C(=O)N(c3ccc(Br)cc3)C(=O)[C@H]21. The average Bonchev–Trinajstić information content (AvgIpc) is 3.20. The van der Waals surface area contributed by atoms with Crippen LogP contribution in [-0.4, -0.2) is 36.6 Å². The van der Waals surface area contributed by atoms with Crippen LogP contribution >= 0.6 is 15.9 Å². The maximum Gasteiger partial charge on any atom is 0.331 e. The van der Waals surface area contributed by atoms with Gasteiger partial charge in [0, 0.05) is 4.47 Å². The number of halogens is 1. The van der Waals surface area contributed by atoms with Gasteiger partial charge in [0.15, 0.2) is 6.04 Å². The lowest BCUT2D eigenvalue weighted by Gasteiger charge is -2.17. The summed E-state index contributed by atoms with van der Waals surface area (Å²) in [4.78, 5) is 44.1. The molecule has 0 unspecified atom stereocenters. The topological polar surface area (TPSA) is 76.0 Å². The number of esters is 1. The Morgan fingerprint density at radius 1 is 1.04 bits per heavy atom. The molecule has 2 aliphatic heterocycles. The molecular formula is C20H15BrN2O4. The summed E-state index contributed by atoms with van der Waals surface area (Å²) in [6, 6.07) is 15.0. The molecule has 3 atom stereocenters. The van der Waals surface area contributed by atoms with Crippen LogP contribution in [0.15, 0.2) is 64.1 Å². The summed E-state index contributed by atoms with van der Waals surface area (Å²) in [5.74, 6) is -3.11. The molecule has 27 heavy (non-hydrogen) atoms. The van der Waals surface area contributed by atoms with E-state index >= 15 is 0 Å². The standard InChI is InChI=1S/C20H15BrN2O4/c1-27-20(26)17-15-14(16(22-17)11-5-3-2-4-6-11)18(24)23(19(15)25)13-9-7-12(21)8-10-13/h2-10,14-15,17H,1H3/t14-,15+,17+/m0/s1. The summed E-state index contributed by atoms with van der Waals surface area (Å²) < 4.78 is 5.67. The van der Waals surface area contributed by atoms with Gasteiger partial charge in [-0.15, -0.1) is 0 Å². The summed E-state index contributed by atoms with van der Waals surface area (Å²) in [7, 11) is 1.25. The zero-order valence-electron chi connectivity index (χ0n) is 14.3. The molecule has 136 valence electrons. The van der Waals surface area contributed by atoms with Gasteiger partial charge in [-0.05, 0) is 29.8 Å². The average molecular weight is 427 g/mol. The van der Waals surface area contributed by atoms with Crippen molar-refractivity contribution in [2.45, 2.75) is 6.04 Å². The number of benzene rings is 2. The highest BCUT2D eigenvalue weighted by Gasteiger charge is 2.59. The number of nitrogens with zero attached hydrogens (tertiary/aromatic N) is 2. The Bertz CT molecular complexity index is 956. The van der Waals surface area contributed by atoms with Crippen LogP contribution in [0, 0.1) is 11.8 Å². The van der Waals surface area contributed by atoms with Crippen molar-refractivity contribution in [1.29, 1.82) is 0 Å². The van der Waals surface area contributed by atoms with Crippen LogP contribution in [0.5, 0.6) is 0 Å². The van der Waals surface area contributed by atoms with Crippen LogP contribution in [0.2, 0.25) is 0 Å². The normalized spacial score (nSPS) is 24.0. The Morgan fingerprint density at radius 3 is 2.33 bits per heavy atom. The molecule has 2 heterocycles. The smallest absolute Gasteiger partial charge is 0.331 e. The van der Waals surface area contributed by atoms with Crippen molar-refractivity contribution in [2.24, 2.45) is 16.8 Å². The van der Waals surface area contributed by atoms with Gasteiger partial charge in [0.2, 0.25) is 11.8 Å². The molecule has 2 aromatic rings. The number of amides is 2. The third-order valence-electron chi connectivity index (χ3n) is 4.86. The predicted molar refractivity (Wildman–Crippen MR) is 102 cm³/mol. The van der Waals surface area contributed by atoms with Crippen molar-refractivity contribution in [3.63, 3.8) is 0 Å². The molecule has 2 aromatic carbocycles. The van der Waals surface area contributed by atoms with Gasteiger partial charge in [-0.3, -0.25) is 14.6 Å². The number of ether oxygens (including phenoxy) is 1. The lowest BCUT2D eigenvalue weighted by molar-refractivity contribution is -0.145. The third kappa shape index (κ3) is 2.78. The summed E-state index contributed by atoms with van der Waals surface area (Å²) >= 11 is 3.34. The molecule has 0 bridgehead atoms. The largest absolute Gasteiger partial charge is 0.467 e. The van der Waals surface area contributed by atoms with E-state index in [1.165, 1.54) is 7.11 Å². The Balaban J connectivity index is 1.80. The molecule has 2 aliphatic rings. The Morgan fingerprint density at radius 2 is 1.70 bits per heavy atom. The van der Waals surface area contributed by atoms with Crippen LogP contribution in [0.3, 0.4) is 0 Å². The molecule has 0 aliphatic carbocycles. The molecule has 6 nitrogen and oxygen atoms in total.